The molecular formula is C22H32O6SSi. The number of ether oxygens (including phenoxy) is 2. The molecule has 166 valence electrons. The first-order valence-electron chi connectivity index (χ1n) is 9.94. The summed E-state index contributed by atoms with van der Waals surface area (Å²) in [7, 11) is -2.41. The predicted molar refractivity (Wildman–Crippen MR) is 119 cm³/mol. The van der Waals surface area contributed by atoms with Crippen molar-refractivity contribution >= 4 is 18.4 Å². The Hall–Kier alpha value is -1.87. The van der Waals surface area contributed by atoms with E-state index in [1.54, 1.807) is 62.8 Å². The maximum Gasteiger partial charge on any atom is 0.334 e. The SMILES string of the molecule is CO[Si](C)(CC(C)COc1ccc(S(=O)(=O)c2ccc(OC(C)C)cc2)cc1)OC. The van der Waals surface area contributed by atoms with Crippen molar-refractivity contribution in [2.75, 3.05) is 20.8 Å². The van der Waals surface area contributed by atoms with Gasteiger partial charge < -0.3 is 18.3 Å². The van der Waals surface area contributed by atoms with E-state index in [1.807, 2.05) is 20.4 Å². The van der Waals surface area contributed by atoms with Gasteiger partial charge in [0.15, 0.2) is 0 Å². The van der Waals surface area contributed by atoms with Crippen molar-refractivity contribution in [3.8, 4) is 11.5 Å². The van der Waals surface area contributed by atoms with E-state index in [0.717, 1.165) is 6.04 Å². The van der Waals surface area contributed by atoms with Gasteiger partial charge in [0, 0.05) is 14.2 Å². The molecule has 2 rings (SSSR count). The van der Waals surface area contributed by atoms with E-state index in [0.29, 0.717) is 18.1 Å². The Kier molecular flexibility index (Phi) is 8.49. The summed E-state index contributed by atoms with van der Waals surface area (Å²) in [5, 5.41) is 0. The zero-order valence-corrected chi connectivity index (χ0v) is 20.4. The van der Waals surface area contributed by atoms with Gasteiger partial charge in [-0.15, -0.1) is 0 Å². The third kappa shape index (κ3) is 6.56. The second kappa shape index (κ2) is 10.4. The lowest BCUT2D eigenvalue weighted by Gasteiger charge is -2.26. The van der Waals surface area contributed by atoms with E-state index in [1.165, 1.54) is 0 Å². The first-order valence-corrected chi connectivity index (χ1v) is 14.0. The molecule has 30 heavy (non-hydrogen) atoms. The highest BCUT2D eigenvalue weighted by Crippen LogP contribution is 2.26. The van der Waals surface area contributed by atoms with Crippen LogP contribution >= 0.6 is 0 Å². The molecule has 0 spiro atoms. The summed E-state index contributed by atoms with van der Waals surface area (Å²) in [6.45, 7) is 8.44. The minimum absolute atomic E-state index is 0.0304. The summed E-state index contributed by atoms with van der Waals surface area (Å²) < 4.78 is 48.2. The zero-order chi connectivity index (χ0) is 22.4. The quantitative estimate of drug-likeness (QED) is 0.461. The Morgan fingerprint density at radius 1 is 0.833 bits per heavy atom. The number of hydrogen-bond donors (Lipinski definition) is 0. The van der Waals surface area contributed by atoms with Gasteiger partial charge in [-0.2, -0.15) is 0 Å². The van der Waals surface area contributed by atoms with Gasteiger partial charge in [-0.05, 0) is 80.9 Å². The molecule has 0 saturated heterocycles. The van der Waals surface area contributed by atoms with Crippen LogP contribution in [0, 0.1) is 5.92 Å². The fourth-order valence-corrected chi connectivity index (χ4v) is 6.15. The van der Waals surface area contributed by atoms with Crippen molar-refractivity contribution in [2.24, 2.45) is 5.92 Å². The maximum absolute atomic E-state index is 12.9. The van der Waals surface area contributed by atoms with Gasteiger partial charge in [0.05, 0.1) is 22.5 Å². The van der Waals surface area contributed by atoms with Crippen molar-refractivity contribution in [1.29, 1.82) is 0 Å². The van der Waals surface area contributed by atoms with Crippen molar-refractivity contribution < 1.29 is 26.7 Å². The van der Waals surface area contributed by atoms with Crippen molar-refractivity contribution in [2.45, 2.75) is 49.3 Å². The summed E-state index contributed by atoms with van der Waals surface area (Å²) >= 11 is 0. The molecule has 0 bridgehead atoms. The van der Waals surface area contributed by atoms with Crippen LogP contribution in [-0.4, -0.2) is 43.9 Å². The molecule has 0 amide bonds. The Bertz CT molecular complexity index is 890. The van der Waals surface area contributed by atoms with Gasteiger partial charge in [0.2, 0.25) is 9.84 Å². The van der Waals surface area contributed by atoms with Crippen LogP contribution in [0.25, 0.3) is 0 Å². The van der Waals surface area contributed by atoms with E-state index in [9.17, 15) is 8.42 Å². The van der Waals surface area contributed by atoms with Crippen molar-refractivity contribution in [3.05, 3.63) is 48.5 Å². The fraction of sp³-hybridized carbons (Fsp3) is 0.455. The van der Waals surface area contributed by atoms with Crippen LogP contribution in [0.5, 0.6) is 11.5 Å². The van der Waals surface area contributed by atoms with Crippen LogP contribution in [0.2, 0.25) is 12.6 Å². The van der Waals surface area contributed by atoms with Gasteiger partial charge in [0.25, 0.3) is 0 Å². The lowest BCUT2D eigenvalue weighted by Crippen LogP contribution is -2.38. The molecule has 0 saturated carbocycles. The molecule has 6 nitrogen and oxygen atoms in total. The Labute approximate surface area is 181 Å². The Balaban J connectivity index is 2.02. The lowest BCUT2D eigenvalue weighted by molar-refractivity contribution is 0.221. The molecule has 0 aliphatic carbocycles. The first kappa shape index (κ1) is 24.4. The average molecular weight is 453 g/mol. The molecule has 0 fully saturated rings. The Morgan fingerprint density at radius 2 is 1.30 bits per heavy atom. The number of rotatable bonds is 11. The summed E-state index contributed by atoms with van der Waals surface area (Å²) in [6, 6.07) is 13.8. The molecule has 0 radical (unpaired) electrons. The van der Waals surface area contributed by atoms with Gasteiger partial charge in [0.1, 0.15) is 11.5 Å². The summed E-state index contributed by atoms with van der Waals surface area (Å²) in [5.74, 6) is 1.51. The highest BCUT2D eigenvalue weighted by atomic mass is 32.2. The largest absolute Gasteiger partial charge is 0.493 e. The van der Waals surface area contributed by atoms with Gasteiger partial charge >= 0.3 is 8.56 Å². The van der Waals surface area contributed by atoms with E-state index in [2.05, 4.69) is 6.92 Å². The highest BCUT2D eigenvalue weighted by molar-refractivity contribution is 7.91. The van der Waals surface area contributed by atoms with Gasteiger partial charge in [-0.3, -0.25) is 0 Å². The second-order valence-corrected chi connectivity index (χ2v) is 13.2. The summed E-state index contributed by atoms with van der Waals surface area (Å²) in [4.78, 5) is 0.448. The van der Waals surface area contributed by atoms with Gasteiger partial charge in [-0.1, -0.05) is 6.92 Å². The second-order valence-electron chi connectivity index (χ2n) is 7.78. The topological polar surface area (TPSA) is 71.1 Å². The van der Waals surface area contributed by atoms with E-state index in [4.69, 9.17) is 18.3 Å². The van der Waals surface area contributed by atoms with Crippen LogP contribution in [0.15, 0.2) is 58.3 Å². The molecule has 0 N–H and O–H groups in total. The normalized spacial score (nSPS) is 13.3. The molecule has 0 aliphatic heterocycles. The number of sulfone groups is 1. The smallest absolute Gasteiger partial charge is 0.334 e. The van der Waals surface area contributed by atoms with Crippen LogP contribution in [0.3, 0.4) is 0 Å². The molecular weight excluding hydrogens is 420 g/mol. The maximum atomic E-state index is 12.9. The highest BCUT2D eigenvalue weighted by Gasteiger charge is 2.31. The predicted octanol–water partition coefficient (Wildman–Crippen LogP) is 4.69. The van der Waals surface area contributed by atoms with E-state index in [-0.39, 0.29) is 21.8 Å². The van der Waals surface area contributed by atoms with Crippen LogP contribution in [0.4, 0.5) is 0 Å². The van der Waals surface area contributed by atoms with Crippen LogP contribution in [0.1, 0.15) is 20.8 Å². The summed E-state index contributed by atoms with van der Waals surface area (Å²) in [6.07, 6.45) is 0.0304. The minimum atomic E-state index is -3.60. The molecule has 2 aromatic rings. The molecule has 0 aliphatic rings. The number of benzene rings is 2. The molecule has 0 aromatic heterocycles. The molecule has 8 heteroatoms. The van der Waals surface area contributed by atoms with Crippen LogP contribution < -0.4 is 9.47 Å². The average Bonchev–Trinajstić information content (AvgIpc) is 2.72. The van der Waals surface area contributed by atoms with E-state index >= 15 is 0 Å². The van der Waals surface area contributed by atoms with E-state index < -0.39 is 18.4 Å². The van der Waals surface area contributed by atoms with Crippen molar-refractivity contribution in [1.82, 2.24) is 0 Å². The fourth-order valence-electron chi connectivity index (χ4n) is 3.00. The number of hydrogen-bond acceptors (Lipinski definition) is 6. The first-order chi connectivity index (χ1) is 14.1. The molecule has 1 atom stereocenters. The third-order valence-corrected chi connectivity index (χ3v) is 9.71. The lowest BCUT2D eigenvalue weighted by atomic mass is 10.2. The summed E-state index contributed by atoms with van der Waals surface area (Å²) in [5.41, 5.74) is 0. The van der Waals surface area contributed by atoms with Crippen LogP contribution in [-0.2, 0) is 18.7 Å². The van der Waals surface area contributed by atoms with Crippen molar-refractivity contribution in [3.63, 3.8) is 0 Å². The van der Waals surface area contributed by atoms with Gasteiger partial charge in [-0.25, -0.2) is 8.42 Å². The third-order valence-electron chi connectivity index (χ3n) is 4.76. The zero-order valence-electron chi connectivity index (χ0n) is 18.5. The minimum Gasteiger partial charge on any atom is -0.493 e. The standard InChI is InChI=1S/C22H32O6SSi/c1-17(2)28-20-9-13-22(14-10-20)29(23,24)21-11-7-19(8-12-21)27-15-18(3)16-30(6,25-4)26-5/h7-14,17-18H,15-16H2,1-6H3. The monoisotopic (exact) mass is 452 g/mol. The molecule has 1 unspecified atom stereocenters. The molecule has 0 heterocycles. The molecule has 2 aromatic carbocycles. The Morgan fingerprint density at radius 3 is 1.73 bits per heavy atom.